The molecule has 5 nitrogen and oxygen atoms in total. The van der Waals surface area contributed by atoms with E-state index < -0.39 is 0 Å². The molecule has 0 aliphatic carbocycles. The van der Waals surface area contributed by atoms with Crippen LogP contribution in [0.2, 0.25) is 0 Å². The Balaban J connectivity index is 1.47. The number of carbonyl (C=O) groups excluding carboxylic acids is 1. The third kappa shape index (κ3) is 3.13. The molecule has 2 N–H and O–H groups in total. The van der Waals surface area contributed by atoms with Gasteiger partial charge in [0.2, 0.25) is 0 Å². The quantitative estimate of drug-likeness (QED) is 0.890. The summed E-state index contributed by atoms with van der Waals surface area (Å²) < 4.78 is 0. The van der Waals surface area contributed by atoms with Gasteiger partial charge in [0.25, 0.3) is 5.91 Å². The Morgan fingerprint density at radius 3 is 2.76 bits per heavy atom. The average molecular weight is 350 g/mol. The summed E-state index contributed by atoms with van der Waals surface area (Å²) in [6.45, 7) is 2.47. The zero-order valence-corrected chi connectivity index (χ0v) is 14.6. The van der Waals surface area contributed by atoms with Crippen molar-refractivity contribution in [2.24, 2.45) is 5.10 Å². The van der Waals surface area contributed by atoms with Crippen LogP contribution in [0, 0.1) is 0 Å². The lowest BCUT2D eigenvalue weighted by molar-refractivity contribution is -0.114. The molecule has 0 saturated carbocycles. The summed E-state index contributed by atoms with van der Waals surface area (Å²) in [6.07, 6.45) is 1.98. The minimum absolute atomic E-state index is 0.0895. The van der Waals surface area contributed by atoms with E-state index in [0.717, 1.165) is 21.7 Å². The predicted molar refractivity (Wildman–Crippen MR) is 101 cm³/mol. The van der Waals surface area contributed by atoms with Gasteiger partial charge in [0.05, 0.1) is 0 Å². The number of hydrazone groups is 1. The van der Waals surface area contributed by atoms with Crippen molar-refractivity contribution in [2.75, 3.05) is 0 Å². The van der Waals surface area contributed by atoms with Crippen LogP contribution in [0.1, 0.15) is 12.5 Å². The summed E-state index contributed by atoms with van der Waals surface area (Å²) in [6, 6.07) is 18.3. The molecule has 0 spiro atoms. The van der Waals surface area contributed by atoms with Crippen LogP contribution < -0.4 is 10.6 Å². The monoisotopic (exact) mass is 350 g/mol. The van der Waals surface area contributed by atoms with Crippen LogP contribution in [0.3, 0.4) is 0 Å². The molecule has 25 heavy (non-hydrogen) atoms. The van der Waals surface area contributed by atoms with Crippen LogP contribution in [0.4, 0.5) is 0 Å². The van der Waals surface area contributed by atoms with Crippen molar-refractivity contribution in [2.45, 2.75) is 19.6 Å². The van der Waals surface area contributed by atoms with Crippen molar-refractivity contribution in [1.29, 1.82) is 0 Å². The summed E-state index contributed by atoms with van der Waals surface area (Å²) in [5, 5.41) is 13.8. The summed E-state index contributed by atoms with van der Waals surface area (Å²) in [5.74, 6) is -0.143. The fraction of sp³-hybridized carbons (Fsp3) is 0.158. The van der Waals surface area contributed by atoms with Gasteiger partial charge in [-0.25, -0.2) is 5.01 Å². The number of nitrogens with one attached hydrogen (secondary N) is 2. The van der Waals surface area contributed by atoms with Gasteiger partial charge in [-0.1, -0.05) is 54.6 Å². The minimum Gasteiger partial charge on any atom is -0.368 e. The van der Waals surface area contributed by atoms with E-state index in [0.29, 0.717) is 11.6 Å². The van der Waals surface area contributed by atoms with Gasteiger partial charge in [0.15, 0.2) is 5.04 Å². The molecular formula is C19H18N4OS. The molecule has 6 heteroatoms. The smallest absolute Gasteiger partial charge is 0.279 e. The van der Waals surface area contributed by atoms with Crippen LogP contribution in [0.15, 0.2) is 70.9 Å². The van der Waals surface area contributed by atoms with E-state index in [9.17, 15) is 4.79 Å². The first-order chi connectivity index (χ1) is 12.2. The largest absolute Gasteiger partial charge is 0.368 e. The van der Waals surface area contributed by atoms with Gasteiger partial charge in [-0.05, 0) is 35.4 Å². The molecule has 4 rings (SSSR count). The Morgan fingerprint density at radius 1 is 1.20 bits per heavy atom. The minimum atomic E-state index is -0.143. The molecule has 2 aliphatic heterocycles. The lowest BCUT2D eigenvalue weighted by atomic mass is 10.00. The lowest BCUT2D eigenvalue weighted by Crippen LogP contribution is -2.31. The van der Waals surface area contributed by atoms with Crippen LogP contribution in [-0.2, 0) is 11.3 Å². The number of fused-ring (bicyclic) bond motifs is 1. The van der Waals surface area contributed by atoms with Crippen molar-refractivity contribution in [1.82, 2.24) is 15.6 Å². The number of nitrogens with zero attached hydrogens (tertiary/aromatic N) is 2. The van der Waals surface area contributed by atoms with Gasteiger partial charge < -0.3 is 10.6 Å². The third-order valence-corrected chi connectivity index (χ3v) is 5.15. The second-order valence-electron chi connectivity index (χ2n) is 5.88. The summed E-state index contributed by atoms with van der Waals surface area (Å²) >= 11 is 1.39. The lowest BCUT2D eigenvalue weighted by Gasteiger charge is -2.14. The van der Waals surface area contributed by atoms with Crippen LogP contribution in [-0.4, -0.2) is 22.1 Å². The zero-order chi connectivity index (χ0) is 17.2. The van der Waals surface area contributed by atoms with E-state index in [-0.39, 0.29) is 12.1 Å². The molecule has 2 heterocycles. The molecule has 0 aromatic heterocycles. The highest BCUT2D eigenvalue weighted by molar-refractivity contribution is 8.19. The van der Waals surface area contributed by atoms with Crippen LogP contribution >= 0.6 is 11.8 Å². The topological polar surface area (TPSA) is 56.7 Å². The van der Waals surface area contributed by atoms with E-state index >= 15 is 0 Å². The summed E-state index contributed by atoms with van der Waals surface area (Å²) in [5.41, 5.74) is 3.36. The van der Waals surface area contributed by atoms with Gasteiger partial charge >= 0.3 is 0 Å². The standard InChI is InChI=1S/C19H18N4OS/c1-13-20-12-17-23(13)22-19(25-17)18(24)21-11-15-9-5-6-10-16(15)14-7-3-2-4-8-14/h2-10,12-13,20H,11H2,1H3,(H,21,24). The fourth-order valence-electron chi connectivity index (χ4n) is 2.87. The number of benzene rings is 2. The SMILES string of the molecule is CC1NC=C2SC(C(=O)NCc3ccccc3-c3ccccc3)=NN21. The molecular weight excluding hydrogens is 332 g/mol. The molecule has 1 atom stereocenters. The van der Waals surface area contributed by atoms with Crippen molar-refractivity contribution in [3.05, 3.63) is 71.4 Å². The molecule has 2 aromatic rings. The maximum atomic E-state index is 12.5. The van der Waals surface area contributed by atoms with E-state index in [1.807, 2.05) is 54.5 Å². The number of hydrogen-bond donors (Lipinski definition) is 2. The summed E-state index contributed by atoms with van der Waals surface area (Å²) in [7, 11) is 0. The van der Waals surface area contributed by atoms with Crippen LogP contribution in [0.5, 0.6) is 0 Å². The highest BCUT2D eigenvalue weighted by atomic mass is 32.2. The van der Waals surface area contributed by atoms with Crippen molar-refractivity contribution >= 4 is 22.7 Å². The first-order valence-electron chi connectivity index (χ1n) is 8.16. The number of carbonyl (C=O) groups is 1. The Kier molecular flexibility index (Phi) is 4.19. The van der Waals surface area contributed by atoms with E-state index in [2.05, 4.69) is 33.9 Å². The molecule has 0 fully saturated rings. The average Bonchev–Trinajstić information content (AvgIpc) is 3.23. The Labute approximate surface area is 150 Å². The van der Waals surface area contributed by atoms with Gasteiger partial charge in [-0.2, -0.15) is 5.10 Å². The molecule has 1 amide bonds. The Bertz CT molecular complexity index is 863. The van der Waals surface area contributed by atoms with E-state index in [1.165, 1.54) is 11.8 Å². The maximum absolute atomic E-state index is 12.5. The number of amides is 1. The number of rotatable bonds is 4. The molecule has 2 aromatic carbocycles. The summed E-state index contributed by atoms with van der Waals surface area (Å²) in [4.78, 5) is 12.5. The highest BCUT2D eigenvalue weighted by Gasteiger charge is 2.32. The van der Waals surface area contributed by atoms with Gasteiger partial charge in [0, 0.05) is 12.7 Å². The first kappa shape index (κ1) is 15.8. The highest BCUT2D eigenvalue weighted by Crippen LogP contribution is 2.33. The number of hydrogen-bond acceptors (Lipinski definition) is 5. The van der Waals surface area contributed by atoms with Gasteiger partial charge in [-0.3, -0.25) is 4.79 Å². The second kappa shape index (κ2) is 6.64. The Morgan fingerprint density at radius 2 is 1.96 bits per heavy atom. The van der Waals surface area contributed by atoms with Crippen molar-refractivity contribution < 1.29 is 4.79 Å². The molecule has 1 unspecified atom stereocenters. The predicted octanol–water partition coefficient (Wildman–Crippen LogP) is 3.08. The van der Waals surface area contributed by atoms with E-state index in [4.69, 9.17) is 0 Å². The normalized spacial score (nSPS) is 18.3. The number of thioether (sulfide) groups is 1. The second-order valence-corrected chi connectivity index (χ2v) is 6.89. The molecule has 2 aliphatic rings. The van der Waals surface area contributed by atoms with E-state index in [1.54, 1.807) is 0 Å². The van der Waals surface area contributed by atoms with Crippen LogP contribution in [0.25, 0.3) is 11.1 Å². The molecule has 0 saturated heterocycles. The van der Waals surface area contributed by atoms with Crippen molar-refractivity contribution in [3.8, 4) is 11.1 Å². The van der Waals surface area contributed by atoms with Gasteiger partial charge in [0.1, 0.15) is 11.2 Å². The molecule has 126 valence electrons. The van der Waals surface area contributed by atoms with Crippen molar-refractivity contribution in [3.63, 3.8) is 0 Å². The van der Waals surface area contributed by atoms with Gasteiger partial charge in [-0.15, -0.1) is 0 Å². The zero-order valence-electron chi connectivity index (χ0n) is 13.8. The molecule has 0 bridgehead atoms. The Hall–Kier alpha value is -2.73. The fourth-order valence-corrected chi connectivity index (χ4v) is 3.78. The molecule has 0 radical (unpaired) electrons. The third-order valence-electron chi connectivity index (χ3n) is 4.18. The first-order valence-corrected chi connectivity index (χ1v) is 8.97. The maximum Gasteiger partial charge on any atom is 0.279 e.